The molecule has 1 aliphatic rings. The number of nitrogens with one attached hydrogen (secondary N) is 2. The van der Waals surface area contributed by atoms with Crippen molar-refractivity contribution in [3.05, 3.63) is 179 Å². The summed E-state index contributed by atoms with van der Waals surface area (Å²) in [6, 6.07) is 46.9. The molecule has 7 rings (SSSR count). The van der Waals surface area contributed by atoms with Gasteiger partial charge in [0.25, 0.3) is 11.8 Å². The van der Waals surface area contributed by atoms with Crippen molar-refractivity contribution in [3.8, 4) is 11.1 Å². The lowest BCUT2D eigenvalue weighted by molar-refractivity contribution is 0.101. The number of para-hydroxylation sites is 2. The molecule has 0 fully saturated rings. The van der Waals surface area contributed by atoms with E-state index in [4.69, 9.17) is 11.5 Å². The maximum absolute atomic E-state index is 13.0. The predicted molar refractivity (Wildman–Crippen MR) is 181 cm³/mol. The zero-order valence-electron chi connectivity index (χ0n) is 24.3. The van der Waals surface area contributed by atoms with Gasteiger partial charge in [-0.25, -0.2) is 0 Å². The highest BCUT2D eigenvalue weighted by molar-refractivity contribution is 6.08. The minimum absolute atomic E-state index is 0.262. The summed E-state index contributed by atoms with van der Waals surface area (Å²) in [5.74, 6) is -0.524. The van der Waals surface area contributed by atoms with E-state index >= 15 is 0 Å². The van der Waals surface area contributed by atoms with E-state index in [1.165, 1.54) is 11.1 Å². The number of amides is 2. The maximum Gasteiger partial charge on any atom is 0.257 e. The van der Waals surface area contributed by atoms with Crippen molar-refractivity contribution in [1.29, 1.82) is 0 Å². The number of fused-ring (bicyclic) bond motifs is 3. The first-order chi connectivity index (χ1) is 22.0. The first kappa shape index (κ1) is 27.7. The van der Waals surface area contributed by atoms with Gasteiger partial charge in [-0.2, -0.15) is 0 Å². The van der Waals surface area contributed by atoms with Crippen molar-refractivity contribution >= 4 is 34.6 Å². The molecular weight excluding hydrogens is 556 g/mol. The van der Waals surface area contributed by atoms with Crippen molar-refractivity contribution < 1.29 is 9.59 Å². The SMILES string of the molecule is Nc1ccccc1C(=O)Nc1ccc(C2(c3ccc(NC(=O)c4ccccc4N)cc3)c3ccccc3-c3ccccc32)cc1. The van der Waals surface area contributed by atoms with Crippen LogP contribution in [0.3, 0.4) is 0 Å². The van der Waals surface area contributed by atoms with Gasteiger partial charge >= 0.3 is 0 Å². The third-order valence-electron chi connectivity index (χ3n) is 8.51. The van der Waals surface area contributed by atoms with Gasteiger partial charge in [0.2, 0.25) is 0 Å². The molecule has 0 heterocycles. The Bertz CT molecular complexity index is 1920. The molecule has 45 heavy (non-hydrogen) atoms. The van der Waals surface area contributed by atoms with Gasteiger partial charge in [-0.3, -0.25) is 9.59 Å². The van der Waals surface area contributed by atoms with Crippen molar-refractivity contribution in [2.75, 3.05) is 22.1 Å². The van der Waals surface area contributed by atoms with E-state index in [9.17, 15) is 9.59 Å². The van der Waals surface area contributed by atoms with E-state index in [0.29, 0.717) is 33.9 Å². The predicted octanol–water partition coefficient (Wildman–Crippen LogP) is 7.72. The topological polar surface area (TPSA) is 110 Å². The highest BCUT2D eigenvalue weighted by Crippen LogP contribution is 2.56. The van der Waals surface area contributed by atoms with E-state index in [0.717, 1.165) is 22.3 Å². The Hall–Kier alpha value is -6.14. The number of nitrogens with two attached hydrogens (primary N) is 2. The van der Waals surface area contributed by atoms with Crippen LogP contribution in [-0.4, -0.2) is 11.8 Å². The lowest BCUT2D eigenvalue weighted by atomic mass is 9.67. The summed E-state index contributed by atoms with van der Waals surface area (Å²) in [6.45, 7) is 0. The Morgan fingerprint density at radius 3 is 1.20 bits per heavy atom. The fourth-order valence-corrected chi connectivity index (χ4v) is 6.44. The third kappa shape index (κ3) is 4.69. The molecule has 1 aliphatic carbocycles. The number of benzene rings is 6. The molecule has 0 bridgehead atoms. The van der Waals surface area contributed by atoms with Gasteiger partial charge in [0.1, 0.15) is 0 Å². The zero-order valence-corrected chi connectivity index (χ0v) is 24.3. The summed E-state index contributed by atoms with van der Waals surface area (Å²) in [4.78, 5) is 26.0. The molecule has 6 nitrogen and oxygen atoms in total. The molecule has 6 heteroatoms. The van der Waals surface area contributed by atoms with Gasteiger partial charge < -0.3 is 22.1 Å². The van der Waals surface area contributed by atoms with E-state index in [-0.39, 0.29) is 11.8 Å². The average Bonchev–Trinajstić information content (AvgIpc) is 3.37. The molecule has 0 radical (unpaired) electrons. The van der Waals surface area contributed by atoms with E-state index in [2.05, 4.69) is 83.4 Å². The molecule has 6 aromatic rings. The molecule has 0 aromatic heterocycles. The summed E-state index contributed by atoms with van der Waals surface area (Å²) in [5, 5.41) is 5.96. The van der Waals surface area contributed by atoms with Crippen LogP contribution in [0, 0.1) is 0 Å². The minimum Gasteiger partial charge on any atom is -0.398 e. The van der Waals surface area contributed by atoms with Crippen molar-refractivity contribution in [2.24, 2.45) is 0 Å². The average molecular weight is 587 g/mol. The molecule has 6 aromatic carbocycles. The summed E-state index contributed by atoms with van der Waals surface area (Å²) in [7, 11) is 0. The Morgan fingerprint density at radius 1 is 0.444 bits per heavy atom. The second kappa shape index (κ2) is 11.2. The number of nitrogen functional groups attached to an aromatic ring is 2. The minimum atomic E-state index is -0.633. The summed E-state index contributed by atoms with van der Waals surface area (Å²) in [6.07, 6.45) is 0. The number of anilines is 4. The van der Waals surface area contributed by atoms with Gasteiger partial charge in [0.05, 0.1) is 16.5 Å². The van der Waals surface area contributed by atoms with Crippen LogP contribution in [0.2, 0.25) is 0 Å². The fraction of sp³-hybridized carbons (Fsp3) is 0.0256. The second-order valence-electron chi connectivity index (χ2n) is 11.1. The van der Waals surface area contributed by atoms with Crippen LogP contribution in [-0.2, 0) is 5.41 Å². The van der Waals surface area contributed by atoms with Crippen LogP contribution in [0.1, 0.15) is 43.0 Å². The summed E-state index contributed by atoms with van der Waals surface area (Å²) >= 11 is 0. The zero-order chi connectivity index (χ0) is 31.0. The number of carbonyl (C=O) groups is 2. The highest BCUT2D eigenvalue weighted by Gasteiger charge is 2.45. The molecule has 0 spiro atoms. The largest absolute Gasteiger partial charge is 0.398 e. The van der Waals surface area contributed by atoms with Crippen molar-refractivity contribution in [2.45, 2.75) is 5.41 Å². The molecule has 0 atom stereocenters. The number of hydrogen-bond acceptors (Lipinski definition) is 4. The number of rotatable bonds is 6. The third-order valence-corrected chi connectivity index (χ3v) is 8.51. The van der Waals surface area contributed by atoms with Gasteiger partial charge in [-0.05, 0) is 81.9 Å². The highest BCUT2D eigenvalue weighted by atomic mass is 16.2. The maximum atomic E-state index is 13.0. The van der Waals surface area contributed by atoms with E-state index in [1.54, 1.807) is 48.5 Å². The normalized spacial score (nSPS) is 12.5. The number of carbonyl (C=O) groups excluding carboxylic acids is 2. The van der Waals surface area contributed by atoms with Gasteiger partial charge in [-0.15, -0.1) is 0 Å². The molecule has 0 saturated heterocycles. The molecule has 0 unspecified atom stereocenters. The van der Waals surface area contributed by atoms with Crippen LogP contribution in [0.25, 0.3) is 11.1 Å². The lowest BCUT2D eigenvalue weighted by Crippen LogP contribution is -2.28. The van der Waals surface area contributed by atoms with Crippen LogP contribution in [0.5, 0.6) is 0 Å². The van der Waals surface area contributed by atoms with E-state index < -0.39 is 5.41 Å². The molecule has 6 N–H and O–H groups in total. The van der Waals surface area contributed by atoms with Gasteiger partial charge in [-0.1, -0.05) is 97.1 Å². The molecular formula is C39H30N4O2. The first-order valence-electron chi connectivity index (χ1n) is 14.7. The Labute approximate surface area is 261 Å². The Balaban J connectivity index is 1.30. The summed E-state index contributed by atoms with van der Waals surface area (Å²) < 4.78 is 0. The molecule has 0 saturated carbocycles. The molecule has 0 aliphatic heterocycles. The Kier molecular flexibility index (Phi) is 6.87. The monoisotopic (exact) mass is 586 g/mol. The quantitative estimate of drug-likeness (QED) is 0.150. The van der Waals surface area contributed by atoms with Crippen LogP contribution in [0.15, 0.2) is 146 Å². The standard InChI is InChI=1S/C39H30N4O2/c40-35-15-7-3-11-31(35)37(44)42-27-21-17-25(18-22-27)39(33-13-5-1-9-29(33)30-10-2-6-14-34(30)39)26-19-23-28(24-20-26)43-38(45)32-12-4-8-16-36(32)41/h1-24H,40-41H2,(H,42,44)(H,43,45). The fourth-order valence-electron chi connectivity index (χ4n) is 6.44. The van der Waals surface area contributed by atoms with Crippen LogP contribution < -0.4 is 22.1 Å². The van der Waals surface area contributed by atoms with Crippen molar-refractivity contribution in [1.82, 2.24) is 0 Å². The lowest BCUT2D eigenvalue weighted by Gasteiger charge is -2.34. The van der Waals surface area contributed by atoms with Gasteiger partial charge in [0, 0.05) is 22.7 Å². The molecule has 218 valence electrons. The van der Waals surface area contributed by atoms with Crippen LogP contribution >= 0.6 is 0 Å². The van der Waals surface area contributed by atoms with E-state index in [1.807, 2.05) is 24.3 Å². The van der Waals surface area contributed by atoms with Crippen LogP contribution in [0.4, 0.5) is 22.7 Å². The second-order valence-corrected chi connectivity index (χ2v) is 11.1. The van der Waals surface area contributed by atoms with Crippen molar-refractivity contribution in [3.63, 3.8) is 0 Å². The first-order valence-corrected chi connectivity index (χ1v) is 14.7. The van der Waals surface area contributed by atoms with Gasteiger partial charge in [0.15, 0.2) is 0 Å². The molecule has 2 amide bonds. The smallest absolute Gasteiger partial charge is 0.257 e. The Morgan fingerprint density at radius 2 is 0.800 bits per heavy atom. The summed E-state index contributed by atoms with van der Waals surface area (Å²) in [5.41, 5.74) is 21.2. The number of hydrogen-bond donors (Lipinski definition) is 4.